The van der Waals surface area contributed by atoms with E-state index < -0.39 is 0 Å². The average Bonchev–Trinajstić information content (AvgIpc) is 3.10. The molecule has 0 spiro atoms. The van der Waals surface area contributed by atoms with E-state index >= 15 is 0 Å². The molecule has 1 aliphatic rings. The molecular weight excluding hydrogens is 281 g/mol. The lowest BCUT2D eigenvalue weighted by molar-refractivity contribution is 0.255. The van der Waals surface area contributed by atoms with E-state index in [2.05, 4.69) is 27.8 Å². The van der Waals surface area contributed by atoms with E-state index in [0.717, 1.165) is 31.0 Å². The fourth-order valence-electron chi connectivity index (χ4n) is 2.99. The first kappa shape index (κ1) is 15.1. The monoisotopic (exact) mass is 303 g/mol. The van der Waals surface area contributed by atoms with Crippen LogP contribution in [0.1, 0.15) is 17.4 Å². The molecule has 0 aliphatic carbocycles. The number of halogens is 1. The summed E-state index contributed by atoms with van der Waals surface area (Å²) in [5.74, 6) is 1.29. The fourth-order valence-corrected chi connectivity index (χ4v) is 2.99. The van der Waals surface area contributed by atoms with Crippen LogP contribution in [0.2, 0.25) is 0 Å². The number of nitrogens with one attached hydrogen (secondary N) is 2. The van der Waals surface area contributed by atoms with Crippen LogP contribution >= 0.6 is 0 Å². The molecule has 2 heterocycles. The number of benzene rings is 1. The number of aromatic nitrogens is 2. The summed E-state index contributed by atoms with van der Waals surface area (Å²) in [4.78, 5) is 6.64. The Balaban J connectivity index is 1.63. The summed E-state index contributed by atoms with van der Waals surface area (Å²) in [6, 6.07) is 6.94. The number of hydrogen-bond donors (Lipinski definition) is 2. The third-order valence-electron chi connectivity index (χ3n) is 4.20. The normalized spacial score (nSPS) is 21.6. The molecule has 0 radical (unpaired) electrons. The molecule has 2 atom stereocenters. The van der Waals surface area contributed by atoms with Gasteiger partial charge < -0.3 is 4.57 Å². The van der Waals surface area contributed by atoms with Crippen molar-refractivity contribution in [1.29, 1.82) is 0 Å². The lowest BCUT2D eigenvalue weighted by Gasteiger charge is -2.24. The predicted molar refractivity (Wildman–Crippen MR) is 83.3 cm³/mol. The first-order chi connectivity index (χ1) is 10.6. The van der Waals surface area contributed by atoms with Gasteiger partial charge in [-0.1, -0.05) is 12.1 Å². The maximum absolute atomic E-state index is 13.1. The number of hydrazine groups is 1. The van der Waals surface area contributed by atoms with Crippen molar-refractivity contribution in [3.63, 3.8) is 0 Å². The quantitative estimate of drug-likeness (QED) is 0.878. The van der Waals surface area contributed by atoms with Crippen molar-refractivity contribution in [3.05, 3.63) is 53.9 Å². The molecular formula is C16H22FN5. The molecule has 3 rings (SSSR count). The highest BCUT2D eigenvalue weighted by atomic mass is 19.1. The van der Waals surface area contributed by atoms with Gasteiger partial charge in [0.15, 0.2) is 0 Å². The molecule has 6 heteroatoms. The van der Waals surface area contributed by atoms with Gasteiger partial charge >= 0.3 is 0 Å². The second-order valence-corrected chi connectivity index (χ2v) is 5.97. The largest absolute Gasteiger partial charge is 0.337 e. The summed E-state index contributed by atoms with van der Waals surface area (Å²) in [5, 5.41) is 0. The van der Waals surface area contributed by atoms with Gasteiger partial charge in [0.2, 0.25) is 0 Å². The molecule has 1 saturated heterocycles. The Labute approximate surface area is 130 Å². The first-order valence-corrected chi connectivity index (χ1v) is 7.52. The Bertz CT molecular complexity index is 609. The van der Waals surface area contributed by atoms with Crippen molar-refractivity contribution < 1.29 is 4.39 Å². The van der Waals surface area contributed by atoms with Crippen LogP contribution in [-0.4, -0.2) is 34.6 Å². The molecule has 1 fully saturated rings. The third-order valence-corrected chi connectivity index (χ3v) is 4.20. The van der Waals surface area contributed by atoms with Crippen molar-refractivity contribution in [1.82, 2.24) is 25.3 Å². The van der Waals surface area contributed by atoms with Crippen molar-refractivity contribution >= 4 is 0 Å². The minimum absolute atomic E-state index is 0.196. The number of aryl methyl sites for hydroxylation is 1. The van der Waals surface area contributed by atoms with E-state index in [0.29, 0.717) is 5.92 Å². The zero-order valence-electron chi connectivity index (χ0n) is 13.0. The van der Waals surface area contributed by atoms with Crippen LogP contribution in [0.15, 0.2) is 36.7 Å². The van der Waals surface area contributed by atoms with E-state index in [1.807, 2.05) is 36.1 Å². The van der Waals surface area contributed by atoms with Crippen LogP contribution in [0.5, 0.6) is 0 Å². The van der Waals surface area contributed by atoms with Gasteiger partial charge in [0, 0.05) is 38.4 Å². The van der Waals surface area contributed by atoms with Gasteiger partial charge in [-0.25, -0.2) is 14.8 Å². The molecule has 0 bridgehead atoms. The van der Waals surface area contributed by atoms with Crippen LogP contribution in [0.25, 0.3) is 0 Å². The Kier molecular flexibility index (Phi) is 4.52. The minimum atomic E-state index is -0.196. The Morgan fingerprint density at radius 2 is 2.14 bits per heavy atom. The molecule has 22 heavy (non-hydrogen) atoms. The predicted octanol–water partition coefficient (Wildman–Crippen LogP) is 1.46. The SMILES string of the molecule is CN(Cc1nccn1C)CC1CNNC1c1ccc(F)cc1. The summed E-state index contributed by atoms with van der Waals surface area (Å²) in [6.45, 7) is 2.65. The standard InChI is InChI=1S/C16H22FN5/c1-21(11-15-18-7-8-22(15)2)10-13-9-19-20-16(13)12-3-5-14(17)6-4-12/h3-8,13,16,19-20H,9-11H2,1-2H3. The fraction of sp³-hybridized carbons (Fsp3) is 0.438. The van der Waals surface area contributed by atoms with E-state index in [1.54, 1.807) is 0 Å². The van der Waals surface area contributed by atoms with Gasteiger partial charge in [-0.2, -0.15) is 0 Å². The topological polar surface area (TPSA) is 45.1 Å². The van der Waals surface area contributed by atoms with Crippen molar-refractivity contribution in [2.75, 3.05) is 20.1 Å². The van der Waals surface area contributed by atoms with Crippen LogP contribution in [0, 0.1) is 11.7 Å². The van der Waals surface area contributed by atoms with Crippen LogP contribution in [0.3, 0.4) is 0 Å². The summed E-state index contributed by atoms with van der Waals surface area (Å²) >= 11 is 0. The molecule has 2 N–H and O–H groups in total. The van der Waals surface area contributed by atoms with Crippen LogP contribution in [0.4, 0.5) is 4.39 Å². The highest BCUT2D eigenvalue weighted by Gasteiger charge is 2.29. The van der Waals surface area contributed by atoms with Crippen molar-refractivity contribution in [2.45, 2.75) is 12.6 Å². The van der Waals surface area contributed by atoms with Gasteiger partial charge in [0.1, 0.15) is 11.6 Å². The number of hydrogen-bond acceptors (Lipinski definition) is 4. The summed E-state index contributed by atoms with van der Waals surface area (Å²) in [7, 11) is 4.12. The highest BCUT2D eigenvalue weighted by Crippen LogP contribution is 2.25. The molecule has 2 unspecified atom stereocenters. The second kappa shape index (κ2) is 6.56. The maximum atomic E-state index is 13.1. The number of nitrogens with zero attached hydrogens (tertiary/aromatic N) is 3. The van der Waals surface area contributed by atoms with E-state index in [4.69, 9.17) is 0 Å². The molecule has 5 nitrogen and oxygen atoms in total. The van der Waals surface area contributed by atoms with Gasteiger partial charge in [-0.05, 0) is 24.7 Å². The van der Waals surface area contributed by atoms with E-state index in [9.17, 15) is 4.39 Å². The summed E-state index contributed by atoms with van der Waals surface area (Å²) < 4.78 is 15.1. The first-order valence-electron chi connectivity index (χ1n) is 7.52. The van der Waals surface area contributed by atoms with Crippen LogP contribution in [-0.2, 0) is 13.6 Å². The zero-order valence-corrected chi connectivity index (χ0v) is 13.0. The Hall–Kier alpha value is -1.76. The van der Waals surface area contributed by atoms with E-state index in [-0.39, 0.29) is 11.9 Å². The van der Waals surface area contributed by atoms with Gasteiger partial charge in [-0.3, -0.25) is 10.3 Å². The Morgan fingerprint density at radius 3 is 2.82 bits per heavy atom. The van der Waals surface area contributed by atoms with Gasteiger partial charge in [0.05, 0.1) is 12.6 Å². The molecule has 2 aromatic rings. The summed E-state index contributed by atoms with van der Waals surface area (Å²) in [5.41, 5.74) is 7.63. The molecule has 0 amide bonds. The minimum Gasteiger partial charge on any atom is -0.337 e. The van der Waals surface area contributed by atoms with E-state index in [1.165, 1.54) is 12.1 Å². The van der Waals surface area contributed by atoms with Crippen molar-refractivity contribution in [3.8, 4) is 0 Å². The van der Waals surface area contributed by atoms with Crippen molar-refractivity contribution in [2.24, 2.45) is 13.0 Å². The summed E-state index contributed by atoms with van der Waals surface area (Å²) in [6.07, 6.45) is 3.78. The average molecular weight is 303 g/mol. The molecule has 1 aliphatic heterocycles. The van der Waals surface area contributed by atoms with Gasteiger partial charge in [0.25, 0.3) is 0 Å². The maximum Gasteiger partial charge on any atom is 0.123 e. The zero-order chi connectivity index (χ0) is 15.5. The van der Waals surface area contributed by atoms with Gasteiger partial charge in [-0.15, -0.1) is 0 Å². The molecule has 0 saturated carbocycles. The highest BCUT2D eigenvalue weighted by molar-refractivity contribution is 5.21. The third kappa shape index (κ3) is 3.35. The number of imidazole rings is 1. The molecule has 118 valence electrons. The second-order valence-electron chi connectivity index (χ2n) is 5.97. The van der Waals surface area contributed by atoms with Crippen LogP contribution < -0.4 is 10.9 Å². The lowest BCUT2D eigenvalue weighted by Crippen LogP contribution is -2.30. The smallest absolute Gasteiger partial charge is 0.123 e. The Morgan fingerprint density at radius 1 is 1.36 bits per heavy atom. The lowest BCUT2D eigenvalue weighted by atomic mass is 9.94. The molecule has 1 aromatic heterocycles. The number of rotatable bonds is 5. The molecule has 1 aromatic carbocycles.